The predicted molar refractivity (Wildman–Crippen MR) is 105 cm³/mol. The Bertz CT molecular complexity index is 1350. The van der Waals surface area contributed by atoms with Gasteiger partial charge in [-0.1, -0.05) is 30.3 Å². The molecule has 3 aromatic carbocycles. The predicted octanol–water partition coefficient (Wildman–Crippen LogP) is 5.32. The molecule has 0 aliphatic rings. The maximum Gasteiger partial charge on any atom is 0.213 e. The van der Waals surface area contributed by atoms with E-state index in [2.05, 4.69) is 10.5 Å². The fourth-order valence-corrected chi connectivity index (χ4v) is 3.75. The van der Waals surface area contributed by atoms with E-state index in [4.69, 9.17) is 4.98 Å². The van der Waals surface area contributed by atoms with Gasteiger partial charge in [0.15, 0.2) is 0 Å². The molecular weight excluding hydrogens is 339 g/mol. The molecule has 0 N–H and O–H groups in total. The molecule has 5 rings (SSSR count). The minimum atomic E-state index is -0.368. The minimum Gasteiger partial charge on any atom is -0.305 e. The van der Waals surface area contributed by atoms with Crippen LogP contribution in [-0.4, -0.2) is 15.2 Å². The van der Waals surface area contributed by atoms with E-state index in [1.807, 2.05) is 49.4 Å². The van der Waals surface area contributed by atoms with E-state index in [9.17, 15) is 9.18 Å². The molecule has 0 amide bonds. The zero-order chi connectivity index (χ0) is 18.5. The number of carbonyl (C=O) groups excluding carboxylic acids is 1. The fraction of sp³-hybridized carbons (Fsp3) is 0.0435. The van der Waals surface area contributed by atoms with Crippen LogP contribution < -0.4 is 0 Å². The smallest absolute Gasteiger partial charge is 0.213 e. The Morgan fingerprint density at radius 2 is 1.56 bits per heavy atom. The van der Waals surface area contributed by atoms with Crippen molar-refractivity contribution >= 4 is 33.2 Å². The highest BCUT2D eigenvalue weighted by atomic mass is 19.1. The Kier molecular flexibility index (Phi) is 3.34. The third kappa shape index (κ3) is 2.27. The summed E-state index contributed by atoms with van der Waals surface area (Å²) in [5.74, 6) is -0.579. The van der Waals surface area contributed by atoms with Crippen LogP contribution in [0, 0.1) is 12.7 Å². The van der Waals surface area contributed by atoms with Crippen molar-refractivity contribution in [3.05, 3.63) is 95.4 Å². The Hall–Kier alpha value is -3.53. The van der Waals surface area contributed by atoms with Crippen molar-refractivity contribution in [1.82, 2.24) is 9.38 Å². The lowest BCUT2D eigenvalue weighted by Crippen LogP contribution is -2.08. The van der Waals surface area contributed by atoms with E-state index in [1.165, 1.54) is 24.3 Å². The van der Waals surface area contributed by atoms with Crippen molar-refractivity contribution in [2.75, 3.05) is 0 Å². The zero-order valence-corrected chi connectivity index (χ0v) is 14.6. The second-order valence-electron chi connectivity index (χ2n) is 6.61. The van der Waals surface area contributed by atoms with Gasteiger partial charge in [0.2, 0.25) is 5.78 Å². The van der Waals surface area contributed by atoms with Gasteiger partial charge in [0, 0.05) is 10.9 Å². The number of fused-ring (bicyclic) bond motifs is 5. The summed E-state index contributed by atoms with van der Waals surface area (Å²) in [4.78, 5) is 17.9. The van der Waals surface area contributed by atoms with Crippen molar-refractivity contribution in [2.45, 2.75) is 6.92 Å². The standard InChI is InChI=1S/C23H15FN2O/c1-14-17-6-2-4-8-19(17)26-20-9-5-3-7-18(20)25-21(22(14)26)23(27)15-10-12-16(24)13-11-15/h2-13H,1H3. The molecule has 0 atom stereocenters. The molecule has 0 fully saturated rings. The van der Waals surface area contributed by atoms with Gasteiger partial charge in [-0.2, -0.15) is 0 Å². The Morgan fingerprint density at radius 3 is 2.33 bits per heavy atom. The number of halogens is 1. The summed E-state index contributed by atoms with van der Waals surface area (Å²) < 4.78 is 15.4. The molecule has 0 aliphatic carbocycles. The van der Waals surface area contributed by atoms with Crippen molar-refractivity contribution < 1.29 is 9.18 Å². The number of hydrogen-bond donors (Lipinski definition) is 0. The summed E-state index contributed by atoms with van der Waals surface area (Å²) in [7, 11) is 0. The average Bonchev–Trinajstić information content (AvgIpc) is 3.01. The van der Waals surface area contributed by atoms with Crippen LogP contribution in [-0.2, 0) is 0 Å². The quantitative estimate of drug-likeness (QED) is 0.402. The summed E-state index contributed by atoms with van der Waals surface area (Å²) in [5.41, 5.74) is 5.35. The van der Waals surface area contributed by atoms with E-state index in [0.717, 1.165) is 33.0 Å². The first kappa shape index (κ1) is 15.7. The highest BCUT2D eigenvalue weighted by molar-refractivity contribution is 6.15. The first-order valence-corrected chi connectivity index (χ1v) is 8.74. The highest BCUT2D eigenvalue weighted by Gasteiger charge is 2.21. The summed E-state index contributed by atoms with van der Waals surface area (Å²) in [6.07, 6.45) is 0. The van der Waals surface area contributed by atoms with Crippen LogP contribution in [0.25, 0.3) is 27.5 Å². The van der Waals surface area contributed by atoms with Gasteiger partial charge in [0.05, 0.1) is 22.1 Å². The van der Waals surface area contributed by atoms with E-state index >= 15 is 0 Å². The van der Waals surface area contributed by atoms with Crippen molar-refractivity contribution in [2.24, 2.45) is 0 Å². The third-order valence-corrected chi connectivity index (χ3v) is 5.03. The molecule has 5 aromatic rings. The molecule has 130 valence electrons. The number of carbonyl (C=O) groups is 1. The fourth-order valence-electron chi connectivity index (χ4n) is 3.75. The number of rotatable bonds is 2. The van der Waals surface area contributed by atoms with Crippen LogP contribution in [0.5, 0.6) is 0 Å². The molecule has 0 saturated carbocycles. The molecule has 0 spiro atoms. The lowest BCUT2D eigenvalue weighted by atomic mass is 10.0. The topological polar surface area (TPSA) is 34.4 Å². The molecule has 0 aliphatic heterocycles. The molecule has 2 heterocycles. The lowest BCUT2D eigenvalue weighted by molar-refractivity contribution is 0.103. The number of hydrogen-bond acceptors (Lipinski definition) is 2. The van der Waals surface area contributed by atoms with Crippen molar-refractivity contribution in [3.8, 4) is 0 Å². The molecule has 3 nitrogen and oxygen atoms in total. The van der Waals surface area contributed by atoms with Gasteiger partial charge in [0.25, 0.3) is 0 Å². The largest absolute Gasteiger partial charge is 0.305 e. The third-order valence-electron chi connectivity index (χ3n) is 5.03. The number of aryl methyl sites for hydroxylation is 1. The van der Waals surface area contributed by atoms with Crippen LogP contribution in [0.4, 0.5) is 4.39 Å². The van der Waals surface area contributed by atoms with Crippen molar-refractivity contribution in [3.63, 3.8) is 0 Å². The molecule has 2 aromatic heterocycles. The molecular formula is C23H15FN2O. The second kappa shape index (κ2) is 5.74. The first-order chi connectivity index (χ1) is 13.1. The van der Waals surface area contributed by atoms with Crippen LogP contribution in [0.3, 0.4) is 0 Å². The number of nitrogens with zero attached hydrogens (tertiary/aromatic N) is 2. The Balaban J connectivity index is 1.94. The maximum absolute atomic E-state index is 13.3. The summed E-state index contributed by atoms with van der Waals surface area (Å²) in [6, 6.07) is 21.5. The van der Waals surface area contributed by atoms with Gasteiger partial charge in [-0.05, 0) is 55.0 Å². The number of para-hydroxylation sites is 3. The normalized spacial score (nSPS) is 11.5. The highest BCUT2D eigenvalue weighted by Crippen LogP contribution is 2.32. The van der Waals surface area contributed by atoms with Gasteiger partial charge in [-0.25, -0.2) is 9.37 Å². The first-order valence-electron chi connectivity index (χ1n) is 8.74. The van der Waals surface area contributed by atoms with Crippen LogP contribution in [0.1, 0.15) is 21.6 Å². The van der Waals surface area contributed by atoms with Crippen LogP contribution in [0.15, 0.2) is 72.8 Å². The van der Waals surface area contributed by atoms with Gasteiger partial charge >= 0.3 is 0 Å². The van der Waals surface area contributed by atoms with Gasteiger partial charge in [-0.15, -0.1) is 0 Å². The van der Waals surface area contributed by atoms with E-state index in [-0.39, 0.29) is 11.6 Å². The Labute approximate surface area is 154 Å². The Morgan fingerprint density at radius 1 is 0.889 bits per heavy atom. The van der Waals surface area contributed by atoms with Gasteiger partial charge in [-0.3, -0.25) is 4.79 Å². The van der Waals surface area contributed by atoms with Crippen LogP contribution >= 0.6 is 0 Å². The van der Waals surface area contributed by atoms with Gasteiger partial charge in [0.1, 0.15) is 11.5 Å². The van der Waals surface area contributed by atoms with Crippen molar-refractivity contribution in [1.29, 1.82) is 0 Å². The van der Waals surface area contributed by atoms with Gasteiger partial charge < -0.3 is 4.40 Å². The molecule has 0 unspecified atom stereocenters. The number of benzene rings is 3. The van der Waals surface area contributed by atoms with E-state index < -0.39 is 0 Å². The monoisotopic (exact) mass is 354 g/mol. The molecule has 4 heteroatoms. The number of ketones is 1. The summed E-state index contributed by atoms with van der Waals surface area (Å²) in [5, 5.41) is 1.09. The molecule has 0 saturated heterocycles. The average molecular weight is 354 g/mol. The minimum absolute atomic E-state index is 0.211. The zero-order valence-electron chi connectivity index (χ0n) is 14.6. The van der Waals surface area contributed by atoms with Crippen LogP contribution in [0.2, 0.25) is 0 Å². The summed E-state index contributed by atoms with van der Waals surface area (Å²) in [6.45, 7) is 2.01. The van der Waals surface area contributed by atoms with E-state index in [0.29, 0.717) is 11.3 Å². The number of aromatic nitrogens is 2. The SMILES string of the molecule is Cc1c2ccccc2n2c1c(C(=O)c1ccc(F)cc1)nc1ccccc12. The molecule has 27 heavy (non-hydrogen) atoms. The second-order valence-corrected chi connectivity index (χ2v) is 6.61. The maximum atomic E-state index is 13.3. The van der Waals surface area contributed by atoms with E-state index in [1.54, 1.807) is 0 Å². The molecule has 0 bridgehead atoms. The summed E-state index contributed by atoms with van der Waals surface area (Å²) >= 11 is 0. The molecule has 0 radical (unpaired) electrons. The lowest BCUT2D eigenvalue weighted by Gasteiger charge is -2.09.